The number of aromatic nitrogens is 2. The van der Waals surface area contributed by atoms with Crippen molar-refractivity contribution in [1.29, 1.82) is 0 Å². The Morgan fingerprint density at radius 2 is 1.78 bits per heavy atom. The van der Waals surface area contributed by atoms with Crippen molar-refractivity contribution in [2.75, 3.05) is 6.61 Å². The standard InChI is InChI=1S/C16H21F2IN2OSi/c1-23(2,3)5-4-22-11-21-15(10-16(19)20-21)8-12-6-13(17)9-14(18)7-12/h6-7,9-10H,4-5,8,11H2,1-3H3. The molecule has 7 heteroatoms. The predicted molar refractivity (Wildman–Crippen MR) is 98.2 cm³/mol. The zero-order chi connectivity index (χ0) is 17.0. The van der Waals surface area contributed by atoms with Crippen molar-refractivity contribution in [3.63, 3.8) is 0 Å². The molecule has 1 aromatic heterocycles. The molecular formula is C16H21F2IN2OSi. The fourth-order valence-electron chi connectivity index (χ4n) is 2.13. The first-order chi connectivity index (χ1) is 10.7. The van der Waals surface area contributed by atoms with Gasteiger partial charge >= 0.3 is 0 Å². The predicted octanol–water partition coefficient (Wildman–Crippen LogP) is 4.67. The molecule has 3 nitrogen and oxygen atoms in total. The summed E-state index contributed by atoms with van der Waals surface area (Å²) in [6, 6.07) is 6.57. The Kier molecular flexibility index (Phi) is 6.32. The van der Waals surface area contributed by atoms with Gasteiger partial charge in [0.2, 0.25) is 0 Å². The third kappa shape index (κ3) is 6.31. The summed E-state index contributed by atoms with van der Waals surface area (Å²) in [5.41, 5.74) is 1.47. The molecule has 0 spiro atoms. The molecule has 0 saturated heterocycles. The maximum absolute atomic E-state index is 13.3. The summed E-state index contributed by atoms with van der Waals surface area (Å²) in [7, 11) is -1.12. The molecule has 23 heavy (non-hydrogen) atoms. The molecule has 0 unspecified atom stereocenters. The highest BCUT2D eigenvalue weighted by atomic mass is 127. The van der Waals surface area contributed by atoms with Crippen LogP contribution < -0.4 is 0 Å². The zero-order valence-electron chi connectivity index (χ0n) is 13.6. The fourth-order valence-corrected chi connectivity index (χ4v) is 3.50. The summed E-state index contributed by atoms with van der Waals surface area (Å²) in [4.78, 5) is 0. The Labute approximate surface area is 150 Å². The molecule has 0 fully saturated rings. The Hall–Kier alpha value is -0.803. The minimum Gasteiger partial charge on any atom is -0.360 e. The molecule has 2 rings (SSSR count). The van der Waals surface area contributed by atoms with Crippen molar-refractivity contribution >= 4 is 30.7 Å². The van der Waals surface area contributed by atoms with E-state index in [1.165, 1.54) is 12.1 Å². The van der Waals surface area contributed by atoms with Crippen LogP contribution in [0, 0.1) is 15.3 Å². The molecular weight excluding hydrogens is 429 g/mol. The quantitative estimate of drug-likeness (QED) is 0.348. The molecule has 1 aromatic carbocycles. The van der Waals surface area contributed by atoms with E-state index in [0.717, 1.165) is 21.5 Å². The first-order valence-corrected chi connectivity index (χ1v) is 12.3. The van der Waals surface area contributed by atoms with Gasteiger partial charge in [0.05, 0.1) is 0 Å². The highest BCUT2D eigenvalue weighted by molar-refractivity contribution is 14.1. The number of benzene rings is 1. The Balaban J connectivity index is 2.02. The van der Waals surface area contributed by atoms with Crippen LogP contribution in [0.3, 0.4) is 0 Å². The normalized spacial score (nSPS) is 11.9. The second kappa shape index (κ2) is 7.85. The van der Waals surface area contributed by atoms with Gasteiger partial charge in [0, 0.05) is 32.9 Å². The number of nitrogens with zero attached hydrogens (tertiary/aromatic N) is 2. The summed E-state index contributed by atoms with van der Waals surface area (Å²) < 4.78 is 34.9. The van der Waals surface area contributed by atoms with Crippen molar-refractivity contribution in [2.24, 2.45) is 0 Å². The van der Waals surface area contributed by atoms with Gasteiger partial charge in [0.1, 0.15) is 22.1 Å². The van der Waals surface area contributed by atoms with E-state index in [0.29, 0.717) is 25.3 Å². The third-order valence-electron chi connectivity index (χ3n) is 3.35. The fraction of sp³-hybridized carbons (Fsp3) is 0.438. The first-order valence-electron chi connectivity index (χ1n) is 7.48. The van der Waals surface area contributed by atoms with E-state index < -0.39 is 19.7 Å². The first kappa shape index (κ1) is 18.5. The highest BCUT2D eigenvalue weighted by Gasteiger charge is 2.13. The van der Waals surface area contributed by atoms with Gasteiger partial charge in [-0.05, 0) is 52.4 Å². The largest absolute Gasteiger partial charge is 0.360 e. The molecule has 0 radical (unpaired) electrons. The minimum absolute atomic E-state index is 0.362. The van der Waals surface area contributed by atoms with Crippen LogP contribution in [0.5, 0.6) is 0 Å². The molecule has 0 amide bonds. The van der Waals surface area contributed by atoms with E-state index >= 15 is 0 Å². The van der Waals surface area contributed by atoms with Crippen molar-refractivity contribution in [1.82, 2.24) is 9.78 Å². The van der Waals surface area contributed by atoms with Gasteiger partial charge in [-0.1, -0.05) is 19.6 Å². The lowest BCUT2D eigenvalue weighted by molar-refractivity contribution is 0.0765. The van der Waals surface area contributed by atoms with Crippen LogP contribution in [0.4, 0.5) is 8.78 Å². The smallest absolute Gasteiger partial charge is 0.139 e. The van der Waals surface area contributed by atoms with Gasteiger partial charge in [0.15, 0.2) is 0 Å². The summed E-state index contributed by atoms with van der Waals surface area (Å²) in [6.07, 6.45) is 0.419. The van der Waals surface area contributed by atoms with E-state index in [-0.39, 0.29) is 0 Å². The van der Waals surface area contributed by atoms with Crippen LogP contribution in [0.25, 0.3) is 0 Å². The molecule has 0 aliphatic rings. The Bertz CT molecular complexity index is 650. The zero-order valence-corrected chi connectivity index (χ0v) is 16.7. The molecule has 0 atom stereocenters. The summed E-state index contributed by atoms with van der Waals surface area (Å²) in [6.45, 7) is 7.98. The SMILES string of the molecule is C[Si](C)(C)CCOCn1nc(I)cc1Cc1cc(F)cc(F)c1. The number of rotatable bonds is 7. The molecule has 0 saturated carbocycles. The molecule has 0 aliphatic carbocycles. The van der Waals surface area contributed by atoms with Gasteiger partial charge in [0.25, 0.3) is 0 Å². The van der Waals surface area contributed by atoms with E-state index in [4.69, 9.17) is 4.74 Å². The molecule has 2 aromatic rings. The van der Waals surface area contributed by atoms with Gasteiger partial charge in [-0.25, -0.2) is 13.5 Å². The van der Waals surface area contributed by atoms with Crippen LogP contribution in [0.2, 0.25) is 25.7 Å². The van der Waals surface area contributed by atoms with Crippen LogP contribution >= 0.6 is 22.6 Å². The van der Waals surface area contributed by atoms with Gasteiger partial charge < -0.3 is 4.74 Å². The van der Waals surface area contributed by atoms with Crippen molar-refractivity contribution < 1.29 is 13.5 Å². The van der Waals surface area contributed by atoms with E-state index in [1.807, 2.05) is 6.07 Å². The molecule has 0 bridgehead atoms. The monoisotopic (exact) mass is 450 g/mol. The Morgan fingerprint density at radius 3 is 2.39 bits per heavy atom. The van der Waals surface area contributed by atoms with Crippen LogP contribution in [0.1, 0.15) is 11.3 Å². The number of hydrogen-bond donors (Lipinski definition) is 0. The Morgan fingerprint density at radius 1 is 1.13 bits per heavy atom. The maximum Gasteiger partial charge on any atom is 0.139 e. The highest BCUT2D eigenvalue weighted by Crippen LogP contribution is 2.16. The van der Waals surface area contributed by atoms with Crippen LogP contribution in [0.15, 0.2) is 24.3 Å². The van der Waals surface area contributed by atoms with Crippen molar-refractivity contribution in [3.8, 4) is 0 Å². The molecule has 0 N–H and O–H groups in total. The summed E-state index contributed by atoms with van der Waals surface area (Å²) >= 11 is 2.13. The lowest BCUT2D eigenvalue weighted by atomic mass is 10.1. The molecule has 1 heterocycles. The number of ether oxygens (including phenoxy) is 1. The summed E-state index contributed by atoms with van der Waals surface area (Å²) in [5, 5.41) is 4.39. The lowest BCUT2D eigenvalue weighted by Gasteiger charge is -2.16. The lowest BCUT2D eigenvalue weighted by Crippen LogP contribution is -2.22. The van der Waals surface area contributed by atoms with E-state index in [1.54, 1.807) is 4.68 Å². The van der Waals surface area contributed by atoms with E-state index in [2.05, 4.69) is 47.3 Å². The number of halogens is 3. The average molecular weight is 450 g/mol. The van der Waals surface area contributed by atoms with Crippen molar-refractivity contribution in [2.45, 2.75) is 38.8 Å². The van der Waals surface area contributed by atoms with Crippen LogP contribution in [-0.2, 0) is 17.9 Å². The molecule has 0 aliphatic heterocycles. The maximum atomic E-state index is 13.3. The molecule has 126 valence electrons. The third-order valence-corrected chi connectivity index (χ3v) is 5.58. The van der Waals surface area contributed by atoms with Gasteiger partial charge in [-0.2, -0.15) is 5.10 Å². The van der Waals surface area contributed by atoms with E-state index in [9.17, 15) is 8.78 Å². The summed E-state index contributed by atoms with van der Waals surface area (Å²) in [5.74, 6) is -1.13. The minimum atomic E-state index is -1.12. The van der Waals surface area contributed by atoms with Gasteiger partial charge in [-0.3, -0.25) is 0 Å². The average Bonchev–Trinajstić information content (AvgIpc) is 2.72. The van der Waals surface area contributed by atoms with Crippen LogP contribution in [-0.4, -0.2) is 24.5 Å². The second-order valence-corrected chi connectivity index (χ2v) is 13.5. The number of hydrogen-bond acceptors (Lipinski definition) is 2. The topological polar surface area (TPSA) is 27.1 Å². The second-order valence-electron chi connectivity index (χ2n) is 6.76. The van der Waals surface area contributed by atoms with Gasteiger partial charge in [-0.15, -0.1) is 0 Å². The van der Waals surface area contributed by atoms with Crippen molar-refractivity contribution in [3.05, 3.63) is 50.9 Å².